The first-order chi connectivity index (χ1) is 9.16. The quantitative estimate of drug-likeness (QED) is 0.777. The van der Waals surface area contributed by atoms with Gasteiger partial charge in [0.1, 0.15) is 6.42 Å². The molecule has 6 heteroatoms. The molecule has 0 saturated carbocycles. The molecule has 1 aliphatic rings. The Morgan fingerprint density at radius 3 is 2.79 bits per heavy atom. The maximum atomic E-state index is 11.9. The fraction of sp³-hybridized carbons (Fsp3) is 0.0769. The van der Waals surface area contributed by atoms with E-state index in [1.165, 1.54) is 0 Å². The zero-order valence-corrected chi connectivity index (χ0v) is 9.79. The molecule has 1 fully saturated rings. The summed E-state index contributed by atoms with van der Waals surface area (Å²) >= 11 is 0. The van der Waals surface area contributed by atoms with Gasteiger partial charge in [-0.25, -0.2) is 9.69 Å². The average molecular weight is 255 g/mol. The molecule has 1 N–H and O–H groups in total. The summed E-state index contributed by atoms with van der Waals surface area (Å²) in [7, 11) is 0. The third-order valence-corrected chi connectivity index (χ3v) is 2.91. The van der Waals surface area contributed by atoms with Crippen LogP contribution in [0.3, 0.4) is 0 Å². The van der Waals surface area contributed by atoms with E-state index < -0.39 is 17.8 Å². The average Bonchev–Trinajstić information content (AvgIpc) is 2.38. The zero-order valence-electron chi connectivity index (χ0n) is 9.79. The van der Waals surface area contributed by atoms with E-state index in [1.54, 1.807) is 30.6 Å². The smallest absolute Gasteiger partial charge is 0.277 e. The van der Waals surface area contributed by atoms with E-state index in [0.717, 1.165) is 10.3 Å². The molecule has 1 saturated heterocycles. The number of pyridine rings is 1. The molecule has 94 valence electrons. The highest BCUT2D eigenvalue weighted by molar-refractivity contribution is 6.28. The second-order valence-corrected chi connectivity index (χ2v) is 4.13. The summed E-state index contributed by atoms with van der Waals surface area (Å²) < 4.78 is 0. The molecule has 2 heterocycles. The lowest BCUT2D eigenvalue weighted by atomic mass is 10.1. The van der Waals surface area contributed by atoms with E-state index in [1.807, 2.05) is 6.07 Å². The summed E-state index contributed by atoms with van der Waals surface area (Å²) in [6, 6.07) is 6.32. The number of carbonyl (C=O) groups is 3. The molecule has 6 nitrogen and oxygen atoms in total. The number of barbiturate groups is 1. The normalized spacial score (nSPS) is 15.8. The van der Waals surface area contributed by atoms with Crippen LogP contribution in [-0.4, -0.2) is 22.8 Å². The van der Waals surface area contributed by atoms with Crippen LogP contribution >= 0.6 is 0 Å². The number of urea groups is 1. The van der Waals surface area contributed by atoms with Crippen LogP contribution in [0.5, 0.6) is 0 Å². The van der Waals surface area contributed by atoms with E-state index in [4.69, 9.17) is 0 Å². The van der Waals surface area contributed by atoms with Gasteiger partial charge in [0.2, 0.25) is 11.8 Å². The SMILES string of the molecule is O=C1CC(=O)N(c2cccc3ccncc23)C(=O)N1. The van der Waals surface area contributed by atoms with Crippen LogP contribution in [0.1, 0.15) is 6.42 Å². The molecule has 1 aromatic heterocycles. The van der Waals surface area contributed by atoms with Crippen LogP contribution in [0.2, 0.25) is 0 Å². The van der Waals surface area contributed by atoms with Crippen molar-refractivity contribution in [3.05, 3.63) is 36.7 Å². The summed E-state index contributed by atoms with van der Waals surface area (Å²) in [4.78, 5) is 39.8. The van der Waals surface area contributed by atoms with Gasteiger partial charge in [-0.05, 0) is 17.5 Å². The molecule has 1 aromatic carbocycles. The first kappa shape index (κ1) is 11.3. The first-order valence-corrected chi connectivity index (χ1v) is 5.66. The lowest BCUT2D eigenvalue weighted by Crippen LogP contribution is -2.53. The highest BCUT2D eigenvalue weighted by Crippen LogP contribution is 2.27. The van der Waals surface area contributed by atoms with Gasteiger partial charge in [0.25, 0.3) is 0 Å². The Bertz CT molecular complexity index is 686. The first-order valence-electron chi connectivity index (χ1n) is 5.66. The molecular weight excluding hydrogens is 246 g/mol. The molecule has 2 aromatic rings. The third-order valence-electron chi connectivity index (χ3n) is 2.91. The third kappa shape index (κ3) is 1.83. The Labute approximate surface area is 108 Å². The van der Waals surface area contributed by atoms with Crippen molar-refractivity contribution in [1.82, 2.24) is 10.3 Å². The summed E-state index contributed by atoms with van der Waals surface area (Å²) in [5.74, 6) is -1.12. The molecule has 0 unspecified atom stereocenters. The van der Waals surface area contributed by atoms with E-state index in [2.05, 4.69) is 10.3 Å². The van der Waals surface area contributed by atoms with E-state index in [0.29, 0.717) is 11.1 Å². The molecule has 0 spiro atoms. The second-order valence-electron chi connectivity index (χ2n) is 4.13. The Balaban J connectivity index is 2.16. The number of anilines is 1. The molecule has 0 bridgehead atoms. The maximum absolute atomic E-state index is 11.9. The largest absolute Gasteiger partial charge is 0.335 e. The van der Waals surface area contributed by atoms with Crippen LogP contribution < -0.4 is 10.2 Å². The predicted octanol–water partition coefficient (Wildman–Crippen LogP) is 1.21. The predicted molar refractivity (Wildman–Crippen MR) is 67.4 cm³/mol. The number of hydrogen-bond acceptors (Lipinski definition) is 4. The number of carbonyl (C=O) groups excluding carboxylic acids is 3. The van der Waals surface area contributed by atoms with Crippen LogP contribution in [0.25, 0.3) is 10.8 Å². The summed E-state index contributed by atoms with van der Waals surface area (Å²) in [6.45, 7) is 0. The van der Waals surface area contributed by atoms with Gasteiger partial charge in [-0.15, -0.1) is 0 Å². The minimum atomic E-state index is -0.724. The maximum Gasteiger partial charge on any atom is 0.335 e. The number of imide groups is 2. The van der Waals surface area contributed by atoms with Gasteiger partial charge in [-0.1, -0.05) is 12.1 Å². The van der Waals surface area contributed by atoms with Crippen molar-refractivity contribution < 1.29 is 14.4 Å². The molecule has 3 rings (SSSR count). The van der Waals surface area contributed by atoms with Gasteiger partial charge in [0.15, 0.2) is 0 Å². The molecule has 4 amide bonds. The van der Waals surface area contributed by atoms with Crippen LogP contribution in [-0.2, 0) is 9.59 Å². The van der Waals surface area contributed by atoms with Crippen LogP contribution in [0.4, 0.5) is 10.5 Å². The number of benzene rings is 1. The van der Waals surface area contributed by atoms with Gasteiger partial charge in [0, 0.05) is 17.8 Å². The number of nitrogens with zero attached hydrogens (tertiary/aromatic N) is 2. The fourth-order valence-corrected chi connectivity index (χ4v) is 2.09. The molecule has 0 atom stereocenters. The van der Waals surface area contributed by atoms with Gasteiger partial charge in [-0.2, -0.15) is 0 Å². The van der Waals surface area contributed by atoms with Gasteiger partial charge < -0.3 is 0 Å². The number of fused-ring (bicyclic) bond motifs is 1. The number of amides is 4. The number of aromatic nitrogens is 1. The van der Waals surface area contributed by atoms with Crippen LogP contribution in [0.15, 0.2) is 36.7 Å². The lowest BCUT2D eigenvalue weighted by molar-refractivity contribution is -0.128. The van der Waals surface area contributed by atoms with Crippen molar-refractivity contribution >= 4 is 34.3 Å². The van der Waals surface area contributed by atoms with Crippen molar-refractivity contribution in [3.8, 4) is 0 Å². The highest BCUT2D eigenvalue weighted by Gasteiger charge is 2.32. The Kier molecular flexibility index (Phi) is 2.49. The number of nitrogens with one attached hydrogen (secondary N) is 1. The van der Waals surface area contributed by atoms with Crippen molar-refractivity contribution in [3.63, 3.8) is 0 Å². The number of hydrogen-bond donors (Lipinski definition) is 1. The Morgan fingerprint density at radius 2 is 2.00 bits per heavy atom. The Morgan fingerprint density at radius 1 is 1.16 bits per heavy atom. The fourth-order valence-electron chi connectivity index (χ4n) is 2.09. The van der Waals surface area contributed by atoms with Crippen LogP contribution in [0, 0.1) is 0 Å². The van der Waals surface area contributed by atoms with Crippen molar-refractivity contribution in [2.24, 2.45) is 0 Å². The second kappa shape index (κ2) is 4.16. The molecule has 19 heavy (non-hydrogen) atoms. The summed E-state index contributed by atoms with van der Waals surface area (Å²) in [5, 5.41) is 3.68. The summed E-state index contributed by atoms with van der Waals surface area (Å²) in [6.07, 6.45) is 2.89. The topological polar surface area (TPSA) is 79.4 Å². The van der Waals surface area contributed by atoms with Crippen molar-refractivity contribution in [2.45, 2.75) is 6.42 Å². The number of rotatable bonds is 1. The Hall–Kier alpha value is -2.76. The van der Waals surface area contributed by atoms with E-state index >= 15 is 0 Å². The van der Waals surface area contributed by atoms with Gasteiger partial charge >= 0.3 is 6.03 Å². The summed E-state index contributed by atoms with van der Waals surface area (Å²) in [5.41, 5.74) is 0.431. The van der Waals surface area contributed by atoms with Crippen molar-refractivity contribution in [1.29, 1.82) is 0 Å². The highest BCUT2D eigenvalue weighted by atomic mass is 16.2. The van der Waals surface area contributed by atoms with Crippen molar-refractivity contribution in [2.75, 3.05) is 4.90 Å². The van der Waals surface area contributed by atoms with E-state index in [9.17, 15) is 14.4 Å². The minimum absolute atomic E-state index is 0.331. The monoisotopic (exact) mass is 255 g/mol. The zero-order chi connectivity index (χ0) is 13.4. The molecule has 1 aliphatic heterocycles. The lowest BCUT2D eigenvalue weighted by Gasteiger charge is -2.25. The molecule has 0 radical (unpaired) electrons. The van der Waals surface area contributed by atoms with E-state index in [-0.39, 0.29) is 6.42 Å². The molecule has 0 aliphatic carbocycles. The van der Waals surface area contributed by atoms with Gasteiger partial charge in [0.05, 0.1) is 5.69 Å². The minimum Gasteiger partial charge on any atom is -0.277 e. The standard InChI is InChI=1S/C13H9N3O3/c17-11-6-12(18)16(13(19)15-11)10-3-1-2-8-4-5-14-7-9(8)10/h1-5,7H,6H2,(H,15,17,19). The van der Waals surface area contributed by atoms with Gasteiger partial charge in [-0.3, -0.25) is 19.9 Å². The molecular formula is C13H9N3O3.